The Kier molecular flexibility index (Phi) is 3.77. The molecule has 21 heavy (non-hydrogen) atoms. The predicted molar refractivity (Wildman–Crippen MR) is 81.5 cm³/mol. The van der Waals surface area contributed by atoms with Crippen LogP contribution in [0.3, 0.4) is 0 Å². The third kappa shape index (κ3) is 3.15. The first-order valence-corrected chi connectivity index (χ1v) is 8.14. The topological polar surface area (TPSA) is 59.3 Å². The molecule has 0 aliphatic carbocycles. The quantitative estimate of drug-likeness (QED) is 0.788. The van der Waals surface area contributed by atoms with Crippen LogP contribution in [0.1, 0.15) is 5.76 Å². The molecule has 0 aliphatic rings. The fourth-order valence-electron chi connectivity index (χ4n) is 2.18. The highest BCUT2D eigenvalue weighted by atomic mass is 32.2. The van der Waals surface area contributed by atoms with Gasteiger partial charge in [-0.25, -0.2) is 13.1 Å². The van der Waals surface area contributed by atoms with E-state index in [-0.39, 0.29) is 4.90 Å². The van der Waals surface area contributed by atoms with Gasteiger partial charge in [0.15, 0.2) is 0 Å². The second-order valence-corrected chi connectivity index (χ2v) is 6.50. The maximum absolute atomic E-state index is 12.3. The number of benzene rings is 2. The highest BCUT2D eigenvalue weighted by Crippen LogP contribution is 2.18. The van der Waals surface area contributed by atoms with Crippen molar-refractivity contribution in [2.45, 2.75) is 11.3 Å². The van der Waals surface area contributed by atoms with E-state index in [1.165, 1.54) is 0 Å². The van der Waals surface area contributed by atoms with Crippen LogP contribution in [0, 0.1) is 0 Å². The third-order valence-corrected chi connectivity index (χ3v) is 4.73. The first kappa shape index (κ1) is 13.9. The highest BCUT2D eigenvalue weighted by Gasteiger charge is 2.13. The molecule has 0 atom stereocenters. The molecule has 0 aliphatic heterocycles. The van der Waals surface area contributed by atoms with Gasteiger partial charge in [0.2, 0.25) is 10.0 Å². The van der Waals surface area contributed by atoms with Crippen molar-refractivity contribution in [3.05, 3.63) is 66.6 Å². The molecule has 0 unspecified atom stereocenters. The van der Waals surface area contributed by atoms with E-state index in [1.54, 1.807) is 24.5 Å². The van der Waals surface area contributed by atoms with Crippen LogP contribution < -0.4 is 4.72 Å². The smallest absolute Gasteiger partial charge is 0.240 e. The molecular formula is C16H15NO3S. The molecule has 3 aromatic rings. The predicted octanol–water partition coefficient (Wildman–Crippen LogP) is 2.95. The van der Waals surface area contributed by atoms with Gasteiger partial charge in [0.25, 0.3) is 0 Å². The van der Waals surface area contributed by atoms with Gasteiger partial charge in [-0.05, 0) is 35.0 Å². The lowest BCUT2D eigenvalue weighted by Gasteiger charge is -2.07. The van der Waals surface area contributed by atoms with Crippen molar-refractivity contribution < 1.29 is 12.8 Å². The van der Waals surface area contributed by atoms with Crippen LogP contribution in [-0.4, -0.2) is 15.0 Å². The van der Waals surface area contributed by atoms with Crippen LogP contribution in [0.5, 0.6) is 0 Å². The van der Waals surface area contributed by atoms with Crippen molar-refractivity contribution in [1.29, 1.82) is 0 Å². The second-order valence-electron chi connectivity index (χ2n) is 4.74. The Bertz CT molecular complexity index is 839. The van der Waals surface area contributed by atoms with Crippen molar-refractivity contribution in [1.82, 2.24) is 4.72 Å². The Labute approximate surface area is 123 Å². The zero-order valence-electron chi connectivity index (χ0n) is 11.3. The summed E-state index contributed by atoms with van der Waals surface area (Å²) in [5.41, 5.74) is 0. The Morgan fingerprint density at radius 3 is 2.52 bits per heavy atom. The Hall–Kier alpha value is -2.11. The molecule has 1 heterocycles. The minimum absolute atomic E-state index is 0.278. The normalized spacial score (nSPS) is 11.8. The summed E-state index contributed by atoms with van der Waals surface area (Å²) in [6.07, 6.45) is 2.10. The second kappa shape index (κ2) is 5.71. The molecule has 4 nitrogen and oxygen atoms in total. The molecule has 0 amide bonds. The van der Waals surface area contributed by atoms with Crippen LogP contribution >= 0.6 is 0 Å². The summed E-state index contributed by atoms with van der Waals surface area (Å²) >= 11 is 0. The molecule has 108 valence electrons. The van der Waals surface area contributed by atoms with E-state index in [9.17, 15) is 8.42 Å². The summed E-state index contributed by atoms with van der Waals surface area (Å²) in [5, 5.41) is 1.93. The summed E-state index contributed by atoms with van der Waals surface area (Å²) in [4.78, 5) is 0.278. The molecule has 0 bridgehead atoms. The Morgan fingerprint density at radius 2 is 1.76 bits per heavy atom. The van der Waals surface area contributed by atoms with E-state index in [1.807, 2.05) is 36.4 Å². The summed E-state index contributed by atoms with van der Waals surface area (Å²) in [6, 6.07) is 16.4. The van der Waals surface area contributed by atoms with Crippen LogP contribution in [0.25, 0.3) is 10.8 Å². The van der Waals surface area contributed by atoms with Crippen molar-refractivity contribution >= 4 is 20.8 Å². The van der Waals surface area contributed by atoms with Gasteiger partial charge in [-0.2, -0.15) is 0 Å². The number of fused-ring (bicyclic) bond motifs is 1. The summed E-state index contributed by atoms with van der Waals surface area (Å²) < 4.78 is 32.3. The number of rotatable bonds is 5. The van der Waals surface area contributed by atoms with Gasteiger partial charge in [0.1, 0.15) is 5.76 Å². The monoisotopic (exact) mass is 301 g/mol. The van der Waals surface area contributed by atoms with Gasteiger partial charge in [0, 0.05) is 13.0 Å². The average Bonchev–Trinajstić information content (AvgIpc) is 3.00. The number of sulfonamides is 1. The lowest BCUT2D eigenvalue weighted by Crippen LogP contribution is -2.25. The van der Waals surface area contributed by atoms with E-state index in [0.29, 0.717) is 13.0 Å². The summed E-state index contributed by atoms with van der Waals surface area (Å²) in [7, 11) is -3.50. The van der Waals surface area contributed by atoms with E-state index in [4.69, 9.17) is 4.42 Å². The first-order valence-electron chi connectivity index (χ1n) is 6.66. The standard InChI is InChI=1S/C16H15NO3S/c18-21(19,17-10-9-15-6-3-11-20-15)16-8-7-13-4-1-2-5-14(13)12-16/h1-8,11-12,17H,9-10H2. The zero-order chi connectivity index (χ0) is 14.7. The minimum Gasteiger partial charge on any atom is -0.469 e. The van der Waals surface area contributed by atoms with Crippen LogP contribution in [0.4, 0.5) is 0 Å². The van der Waals surface area contributed by atoms with Crippen LogP contribution in [0.2, 0.25) is 0 Å². The molecule has 2 aromatic carbocycles. The van der Waals surface area contributed by atoms with E-state index < -0.39 is 10.0 Å². The maximum atomic E-state index is 12.3. The third-order valence-electron chi connectivity index (χ3n) is 3.27. The Morgan fingerprint density at radius 1 is 0.952 bits per heavy atom. The number of nitrogens with one attached hydrogen (secondary N) is 1. The van der Waals surface area contributed by atoms with Crippen molar-refractivity contribution in [3.63, 3.8) is 0 Å². The van der Waals surface area contributed by atoms with Gasteiger partial charge in [0.05, 0.1) is 11.2 Å². The SMILES string of the molecule is O=S(=O)(NCCc1ccco1)c1ccc2ccccc2c1. The van der Waals surface area contributed by atoms with Crippen molar-refractivity contribution in [2.24, 2.45) is 0 Å². The van der Waals surface area contributed by atoms with E-state index in [0.717, 1.165) is 16.5 Å². The molecule has 3 rings (SSSR count). The molecule has 0 fully saturated rings. The van der Waals surface area contributed by atoms with Crippen molar-refractivity contribution in [2.75, 3.05) is 6.54 Å². The summed E-state index contributed by atoms with van der Waals surface area (Å²) in [5.74, 6) is 0.760. The number of hydrogen-bond donors (Lipinski definition) is 1. The lowest BCUT2D eigenvalue weighted by molar-refractivity contribution is 0.506. The number of furan rings is 1. The zero-order valence-corrected chi connectivity index (χ0v) is 12.1. The molecule has 0 spiro atoms. The molecule has 1 aromatic heterocycles. The Balaban J connectivity index is 1.76. The van der Waals surface area contributed by atoms with Gasteiger partial charge >= 0.3 is 0 Å². The number of hydrogen-bond acceptors (Lipinski definition) is 3. The first-order chi connectivity index (χ1) is 10.1. The summed E-state index contributed by atoms with van der Waals surface area (Å²) in [6.45, 7) is 0.308. The van der Waals surface area contributed by atoms with Gasteiger partial charge < -0.3 is 4.42 Å². The van der Waals surface area contributed by atoms with Gasteiger partial charge in [-0.1, -0.05) is 30.3 Å². The van der Waals surface area contributed by atoms with E-state index in [2.05, 4.69) is 4.72 Å². The van der Waals surface area contributed by atoms with Crippen molar-refractivity contribution in [3.8, 4) is 0 Å². The molecule has 0 saturated carbocycles. The van der Waals surface area contributed by atoms with Gasteiger partial charge in [-0.15, -0.1) is 0 Å². The molecule has 1 N–H and O–H groups in total. The largest absolute Gasteiger partial charge is 0.469 e. The highest BCUT2D eigenvalue weighted by molar-refractivity contribution is 7.89. The van der Waals surface area contributed by atoms with E-state index >= 15 is 0 Å². The van der Waals surface area contributed by atoms with Crippen LogP contribution in [-0.2, 0) is 16.4 Å². The lowest BCUT2D eigenvalue weighted by atomic mass is 10.1. The molecule has 5 heteroatoms. The fourth-order valence-corrected chi connectivity index (χ4v) is 3.25. The molecular weight excluding hydrogens is 286 g/mol. The maximum Gasteiger partial charge on any atom is 0.240 e. The average molecular weight is 301 g/mol. The molecule has 0 radical (unpaired) electrons. The minimum atomic E-state index is -3.50. The van der Waals surface area contributed by atoms with Crippen LogP contribution in [0.15, 0.2) is 70.2 Å². The van der Waals surface area contributed by atoms with Gasteiger partial charge in [-0.3, -0.25) is 0 Å². The fraction of sp³-hybridized carbons (Fsp3) is 0.125. The molecule has 0 saturated heterocycles.